The zero-order chi connectivity index (χ0) is 9.97. The molecule has 0 unspecified atom stereocenters. The standard InChI is InChI=1S/C10H14N2O2/c1-14-10-6-7(2-3-11-10)12-8-4-9(13)5-8/h2-3,6,8-9,13H,4-5H2,1H3,(H,11,12). The number of ether oxygens (including phenoxy) is 1. The number of anilines is 1. The second kappa shape index (κ2) is 3.84. The van der Waals surface area contributed by atoms with Crippen molar-refractivity contribution in [2.24, 2.45) is 0 Å². The predicted octanol–water partition coefficient (Wildman–Crippen LogP) is 1.03. The van der Waals surface area contributed by atoms with Crippen LogP contribution in [0.5, 0.6) is 5.88 Å². The van der Waals surface area contributed by atoms with E-state index >= 15 is 0 Å². The van der Waals surface area contributed by atoms with Gasteiger partial charge in [-0.3, -0.25) is 0 Å². The summed E-state index contributed by atoms with van der Waals surface area (Å²) in [5.41, 5.74) is 0.994. The van der Waals surface area contributed by atoms with E-state index in [1.54, 1.807) is 13.3 Å². The van der Waals surface area contributed by atoms with Crippen molar-refractivity contribution >= 4 is 5.69 Å². The van der Waals surface area contributed by atoms with Gasteiger partial charge >= 0.3 is 0 Å². The minimum absolute atomic E-state index is 0.128. The molecule has 0 atom stereocenters. The summed E-state index contributed by atoms with van der Waals surface area (Å²) in [6.07, 6.45) is 3.22. The number of aliphatic hydroxyl groups excluding tert-OH is 1. The van der Waals surface area contributed by atoms with Crippen LogP contribution in [0.15, 0.2) is 18.3 Å². The third-order valence-corrected chi connectivity index (χ3v) is 2.43. The number of hydrogen-bond acceptors (Lipinski definition) is 4. The number of aromatic nitrogens is 1. The van der Waals surface area contributed by atoms with Gasteiger partial charge in [0.2, 0.25) is 5.88 Å². The van der Waals surface area contributed by atoms with E-state index < -0.39 is 0 Å². The first-order chi connectivity index (χ1) is 6.78. The van der Waals surface area contributed by atoms with Crippen LogP contribution in [0.3, 0.4) is 0 Å². The fraction of sp³-hybridized carbons (Fsp3) is 0.500. The molecule has 0 aliphatic heterocycles. The van der Waals surface area contributed by atoms with Crippen molar-refractivity contribution in [2.45, 2.75) is 25.0 Å². The molecule has 0 radical (unpaired) electrons. The topological polar surface area (TPSA) is 54.4 Å². The lowest BCUT2D eigenvalue weighted by Gasteiger charge is -2.32. The molecular formula is C10H14N2O2. The molecular weight excluding hydrogens is 180 g/mol. The minimum atomic E-state index is -0.128. The van der Waals surface area contributed by atoms with Crippen LogP contribution in [-0.4, -0.2) is 29.3 Å². The van der Waals surface area contributed by atoms with Gasteiger partial charge in [0.05, 0.1) is 13.2 Å². The van der Waals surface area contributed by atoms with Crippen LogP contribution in [-0.2, 0) is 0 Å². The first kappa shape index (κ1) is 9.27. The smallest absolute Gasteiger partial charge is 0.214 e. The highest BCUT2D eigenvalue weighted by Crippen LogP contribution is 2.24. The Morgan fingerprint density at radius 3 is 3.00 bits per heavy atom. The van der Waals surface area contributed by atoms with Gasteiger partial charge in [0, 0.05) is 24.0 Å². The number of rotatable bonds is 3. The highest BCUT2D eigenvalue weighted by Gasteiger charge is 2.26. The zero-order valence-electron chi connectivity index (χ0n) is 8.10. The molecule has 0 spiro atoms. The lowest BCUT2D eigenvalue weighted by molar-refractivity contribution is 0.0836. The Hall–Kier alpha value is -1.29. The number of aliphatic hydroxyl groups is 1. The van der Waals surface area contributed by atoms with Crippen LogP contribution >= 0.6 is 0 Å². The molecule has 4 heteroatoms. The third-order valence-electron chi connectivity index (χ3n) is 2.43. The molecule has 0 amide bonds. The van der Waals surface area contributed by atoms with Crippen molar-refractivity contribution in [3.05, 3.63) is 18.3 Å². The van der Waals surface area contributed by atoms with E-state index in [1.165, 1.54) is 0 Å². The van der Waals surface area contributed by atoms with Crippen LogP contribution in [0.25, 0.3) is 0 Å². The van der Waals surface area contributed by atoms with Crippen molar-refractivity contribution in [2.75, 3.05) is 12.4 Å². The highest BCUT2D eigenvalue weighted by molar-refractivity contribution is 5.46. The van der Waals surface area contributed by atoms with Crippen molar-refractivity contribution in [1.82, 2.24) is 4.98 Å². The van der Waals surface area contributed by atoms with Crippen LogP contribution in [0.2, 0.25) is 0 Å². The van der Waals surface area contributed by atoms with Crippen molar-refractivity contribution < 1.29 is 9.84 Å². The van der Waals surface area contributed by atoms with Gasteiger partial charge in [-0.2, -0.15) is 0 Å². The van der Waals surface area contributed by atoms with Crippen LogP contribution in [0.4, 0.5) is 5.69 Å². The van der Waals surface area contributed by atoms with Gasteiger partial charge in [-0.15, -0.1) is 0 Å². The van der Waals surface area contributed by atoms with Crippen LogP contribution in [0, 0.1) is 0 Å². The average Bonchev–Trinajstić information content (AvgIpc) is 2.16. The number of nitrogens with zero attached hydrogens (tertiary/aromatic N) is 1. The molecule has 1 aliphatic carbocycles. The molecule has 1 heterocycles. The minimum Gasteiger partial charge on any atom is -0.481 e. The van der Waals surface area contributed by atoms with E-state index in [0.717, 1.165) is 18.5 Å². The largest absolute Gasteiger partial charge is 0.481 e. The van der Waals surface area contributed by atoms with E-state index in [2.05, 4.69) is 10.3 Å². The summed E-state index contributed by atoms with van der Waals surface area (Å²) in [6, 6.07) is 4.13. The van der Waals surface area contributed by atoms with Gasteiger partial charge in [-0.1, -0.05) is 0 Å². The van der Waals surface area contributed by atoms with E-state index in [-0.39, 0.29) is 6.10 Å². The van der Waals surface area contributed by atoms with Gasteiger partial charge in [-0.05, 0) is 18.9 Å². The molecule has 76 valence electrons. The maximum atomic E-state index is 9.12. The maximum absolute atomic E-state index is 9.12. The van der Waals surface area contributed by atoms with Gasteiger partial charge in [0.1, 0.15) is 0 Å². The molecule has 2 rings (SSSR count). The third kappa shape index (κ3) is 1.96. The summed E-state index contributed by atoms with van der Waals surface area (Å²) in [5.74, 6) is 0.606. The Kier molecular flexibility index (Phi) is 2.54. The summed E-state index contributed by atoms with van der Waals surface area (Å²) in [4.78, 5) is 4.01. The fourth-order valence-electron chi connectivity index (χ4n) is 1.55. The first-order valence-corrected chi connectivity index (χ1v) is 4.72. The summed E-state index contributed by atoms with van der Waals surface area (Å²) in [5, 5.41) is 12.4. The SMILES string of the molecule is COc1cc(NC2CC(O)C2)ccn1. The van der Waals surface area contributed by atoms with Gasteiger partial charge in [0.25, 0.3) is 0 Å². The van der Waals surface area contributed by atoms with Crippen LogP contribution < -0.4 is 10.1 Å². The van der Waals surface area contributed by atoms with Crippen molar-refractivity contribution in [3.63, 3.8) is 0 Å². The maximum Gasteiger partial charge on any atom is 0.214 e. The van der Waals surface area contributed by atoms with E-state index in [0.29, 0.717) is 11.9 Å². The summed E-state index contributed by atoms with van der Waals surface area (Å²) >= 11 is 0. The summed E-state index contributed by atoms with van der Waals surface area (Å²) in [7, 11) is 1.60. The second-order valence-electron chi connectivity index (χ2n) is 3.55. The van der Waals surface area contributed by atoms with Crippen molar-refractivity contribution in [1.29, 1.82) is 0 Å². The molecule has 4 nitrogen and oxygen atoms in total. The Balaban J connectivity index is 1.95. The van der Waals surface area contributed by atoms with E-state index in [1.807, 2.05) is 12.1 Å². The number of pyridine rings is 1. The van der Waals surface area contributed by atoms with Gasteiger partial charge in [-0.25, -0.2) is 4.98 Å². The molecule has 1 aliphatic rings. The van der Waals surface area contributed by atoms with Crippen LogP contribution in [0.1, 0.15) is 12.8 Å². The molecule has 1 aromatic heterocycles. The normalized spacial score (nSPS) is 25.3. The Morgan fingerprint density at radius 1 is 1.57 bits per heavy atom. The number of nitrogens with one attached hydrogen (secondary N) is 1. The molecule has 1 saturated carbocycles. The summed E-state index contributed by atoms with van der Waals surface area (Å²) < 4.78 is 5.01. The molecule has 0 bridgehead atoms. The molecule has 14 heavy (non-hydrogen) atoms. The quantitative estimate of drug-likeness (QED) is 0.754. The molecule has 2 N–H and O–H groups in total. The summed E-state index contributed by atoms with van der Waals surface area (Å²) in [6.45, 7) is 0. The highest BCUT2D eigenvalue weighted by atomic mass is 16.5. The monoisotopic (exact) mass is 194 g/mol. The Morgan fingerprint density at radius 2 is 2.36 bits per heavy atom. The van der Waals surface area contributed by atoms with Crippen molar-refractivity contribution in [3.8, 4) is 5.88 Å². The number of methoxy groups -OCH3 is 1. The Bertz CT molecular complexity index is 311. The average molecular weight is 194 g/mol. The van der Waals surface area contributed by atoms with Gasteiger partial charge in [0.15, 0.2) is 0 Å². The molecule has 0 saturated heterocycles. The molecule has 0 aromatic carbocycles. The predicted molar refractivity (Wildman–Crippen MR) is 53.4 cm³/mol. The molecule has 1 fully saturated rings. The second-order valence-corrected chi connectivity index (χ2v) is 3.55. The first-order valence-electron chi connectivity index (χ1n) is 4.72. The lowest BCUT2D eigenvalue weighted by Crippen LogP contribution is -2.38. The zero-order valence-corrected chi connectivity index (χ0v) is 8.10. The lowest BCUT2D eigenvalue weighted by atomic mass is 9.89. The number of hydrogen-bond donors (Lipinski definition) is 2. The fourth-order valence-corrected chi connectivity index (χ4v) is 1.55. The van der Waals surface area contributed by atoms with E-state index in [4.69, 9.17) is 9.84 Å². The molecule has 1 aromatic rings. The van der Waals surface area contributed by atoms with Gasteiger partial charge < -0.3 is 15.2 Å². The van der Waals surface area contributed by atoms with E-state index in [9.17, 15) is 0 Å². The Labute approximate surface area is 82.9 Å².